The number of aryl methyl sites for hydroxylation is 1. The molecule has 1 saturated heterocycles. The fraction of sp³-hybridized carbons (Fsp3) is 0.583. The summed E-state index contributed by atoms with van der Waals surface area (Å²) in [6, 6.07) is 0. The van der Waals surface area contributed by atoms with Crippen LogP contribution in [0.3, 0.4) is 0 Å². The second-order valence-corrected chi connectivity index (χ2v) is 4.40. The number of carbonyl (C=O) groups excluding carboxylic acids is 2. The van der Waals surface area contributed by atoms with Gasteiger partial charge in [-0.25, -0.2) is 4.79 Å². The Kier molecular flexibility index (Phi) is 4.23. The minimum atomic E-state index is -0.753. The van der Waals surface area contributed by atoms with Gasteiger partial charge in [0, 0.05) is 13.1 Å². The molecule has 110 valence electrons. The van der Waals surface area contributed by atoms with E-state index in [-0.39, 0.29) is 19.1 Å². The molecule has 1 atom stereocenters. The lowest BCUT2D eigenvalue weighted by molar-refractivity contribution is -0.158. The van der Waals surface area contributed by atoms with Crippen molar-refractivity contribution < 1.29 is 19.1 Å². The van der Waals surface area contributed by atoms with E-state index in [1.807, 2.05) is 6.92 Å². The third-order valence-corrected chi connectivity index (χ3v) is 3.19. The molecule has 1 fully saturated rings. The molecule has 0 bridgehead atoms. The monoisotopic (exact) mass is 282 g/mol. The van der Waals surface area contributed by atoms with Crippen molar-refractivity contribution in [1.82, 2.24) is 14.7 Å². The Morgan fingerprint density at radius 1 is 1.60 bits per heavy atom. The van der Waals surface area contributed by atoms with Crippen molar-refractivity contribution in [3.05, 3.63) is 11.9 Å². The zero-order valence-electron chi connectivity index (χ0n) is 11.5. The van der Waals surface area contributed by atoms with Gasteiger partial charge in [0.15, 0.2) is 6.10 Å². The lowest BCUT2D eigenvalue weighted by Crippen LogP contribution is -2.49. The molecule has 0 spiro atoms. The molecule has 2 rings (SSSR count). The van der Waals surface area contributed by atoms with Crippen LogP contribution in [0, 0.1) is 0 Å². The first-order valence-electron chi connectivity index (χ1n) is 6.38. The lowest BCUT2D eigenvalue weighted by atomic mass is 10.2. The van der Waals surface area contributed by atoms with Gasteiger partial charge in [-0.1, -0.05) is 0 Å². The summed E-state index contributed by atoms with van der Waals surface area (Å²) in [5.74, 6) is -0.737. The second-order valence-electron chi connectivity index (χ2n) is 4.40. The summed E-state index contributed by atoms with van der Waals surface area (Å²) in [6.07, 6.45) is 0.700. The van der Waals surface area contributed by atoms with Crippen LogP contribution in [0.4, 0.5) is 5.69 Å². The SMILES string of the molecule is CCn1ncc(N)c1C(=O)N1CCOC(C(=O)OC)C1. The molecular weight excluding hydrogens is 264 g/mol. The van der Waals surface area contributed by atoms with Crippen molar-refractivity contribution >= 4 is 17.6 Å². The molecule has 1 aliphatic rings. The Morgan fingerprint density at radius 3 is 3.00 bits per heavy atom. The molecule has 1 amide bonds. The van der Waals surface area contributed by atoms with E-state index >= 15 is 0 Å². The highest BCUT2D eigenvalue weighted by Crippen LogP contribution is 2.16. The van der Waals surface area contributed by atoms with E-state index in [4.69, 9.17) is 10.5 Å². The van der Waals surface area contributed by atoms with E-state index in [0.717, 1.165) is 0 Å². The fourth-order valence-electron chi connectivity index (χ4n) is 2.13. The van der Waals surface area contributed by atoms with E-state index in [9.17, 15) is 9.59 Å². The Labute approximate surface area is 116 Å². The summed E-state index contributed by atoms with van der Waals surface area (Å²) in [4.78, 5) is 25.5. The number of ether oxygens (including phenoxy) is 2. The van der Waals surface area contributed by atoms with Crippen LogP contribution in [0.15, 0.2) is 6.20 Å². The maximum Gasteiger partial charge on any atom is 0.336 e. The third-order valence-electron chi connectivity index (χ3n) is 3.19. The normalized spacial score (nSPS) is 18.9. The summed E-state index contributed by atoms with van der Waals surface area (Å²) in [5, 5.41) is 4.04. The number of carbonyl (C=O) groups is 2. The standard InChI is InChI=1S/C12H18N4O4/c1-3-16-10(8(13)6-14-16)11(17)15-4-5-20-9(7-15)12(18)19-2/h6,9H,3-5,7,13H2,1-2H3. The van der Waals surface area contributed by atoms with Crippen LogP contribution in [0.2, 0.25) is 0 Å². The zero-order chi connectivity index (χ0) is 14.7. The molecule has 1 aromatic heterocycles. The van der Waals surface area contributed by atoms with E-state index in [1.165, 1.54) is 18.2 Å². The number of nitrogens with zero attached hydrogens (tertiary/aromatic N) is 3. The first-order valence-corrected chi connectivity index (χ1v) is 6.38. The Hall–Kier alpha value is -2.09. The highest BCUT2D eigenvalue weighted by Gasteiger charge is 2.32. The summed E-state index contributed by atoms with van der Waals surface area (Å²) in [5.41, 5.74) is 6.47. The van der Waals surface area contributed by atoms with Gasteiger partial charge < -0.3 is 20.1 Å². The number of morpholine rings is 1. The first kappa shape index (κ1) is 14.3. The van der Waals surface area contributed by atoms with Crippen LogP contribution >= 0.6 is 0 Å². The van der Waals surface area contributed by atoms with Crippen LogP contribution in [0.25, 0.3) is 0 Å². The van der Waals surface area contributed by atoms with Gasteiger partial charge in [-0.2, -0.15) is 5.10 Å². The van der Waals surface area contributed by atoms with Crippen molar-refractivity contribution in [2.75, 3.05) is 32.5 Å². The van der Waals surface area contributed by atoms with Gasteiger partial charge in [0.05, 0.1) is 32.1 Å². The van der Waals surface area contributed by atoms with Crippen molar-refractivity contribution in [2.24, 2.45) is 0 Å². The quantitative estimate of drug-likeness (QED) is 0.750. The molecule has 1 aromatic rings. The average Bonchev–Trinajstić information content (AvgIpc) is 2.86. The first-order chi connectivity index (χ1) is 9.58. The molecule has 20 heavy (non-hydrogen) atoms. The summed E-state index contributed by atoms with van der Waals surface area (Å²) in [7, 11) is 1.29. The number of hydrogen-bond acceptors (Lipinski definition) is 6. The zero-order valence-corrected chi connectivity index (χ0v) is 11.5. The molecule has 0 aromatic carbocycles. The van der Waals surface area contributed by atoms with Crippen LogP contribution in [0.1, 0.15) is 17.4 Å². The number of methoxy groups -OCH3 is 1. The lowest BCUT2D eigenvalue weighted by Gasteiger charge is -2.31. The number of amides is 1. The van der Waals surface area contributed by atoms with E-state index < -0.39 is 12.1 Å². The summed E-state index contributed by atoms with van der Waals surface area (Å²) < 4.78 is 11.5. The van der Waals surface area contributed by atoms with Crippen LogP contribution < -0.4 is 5.73 Å². The summed E-state index contributed by atoms with van der Waals surface area (Å²) in [6.45, 7) is 3.26. The van der Waals surface area contributed by atoms with Crippen molar-refractivity contribution in [1.29, 1.82) is 0 Å². The van der Waals surface area contributed by atoms with Gasteiger partial charge in [-0.05, 0) is 6.92 Å². The van der Waals surface area contributed by atoms with E-state index in [0.29, 0.717) is 24.5 Å². The van der Waals surface area contributed by atoms with Gasteiger partial charge in [0.1, 0.15) is 5.69 Å². The molecule has 1 unspecified atom stereocenters. The number of esters is 1. The van der Waals surface area contributed by atoms with Crippen molar-refractivity contribution in [2.45, 2.75) is 19.6 Å². The van der Waals surface area contributed by atoms with Gasteiger partial charge >= 0.3 is 5.97 Å². The predicted molar refractivity (Wildman–Crippen MR) is 70.0 cm³/mol. The van der Waals surface area contributed by atoms with Crippen LogP contribution in [0.5, 0.6) is 0 Å². The highest BCUT2D eigenvalue weighted by atomic mass is 16.6. The number of hydrogen-bond donors (Lipinski definition) is 1. The maximum absolute atomic E-state index is 12.5. The number of aromatic nitrogens is 2. The topological polar surface area (TPSA) is 99.7 Å². The van der Waals surface area contributed by atoms with Gasteiger partial charge in [-0.15, -0.1) is 0 Å². The molecule has 0 aliphatic carbocycles. The molecule has 0 radical (unpaired) electrons. The number of anilines is 1. The van der Waals surface area contributed by atoms with Gasteiger partial charge in [0.2, 0.25) is 0 Å². The summed E-state index contributed by atoms with van der Waals surface area (Å²) >= 11 is 0. The van der Waals surface area contributed by atoms with E-state index in [1.54, 1.807) is 4.68 Å². The average molecular weight is 282 g/mol. The maximum atomic E-state index is 12.5. The Morgan fingerprint density at radius 2 is 2.35 bits per heavy atom. The minimum absolute atomic E-state index is 0.153. The predicted octanol–water partition coefficient (Wildman–Crippen LogP) is -0.501. The van der Waals surface area contributed by atoms with Crippen molar-refractivity contribution in [3.63, 3.8) is 0 Å². The Balaban J connectivity index is 2.16. The molecule has 2 heterocycles. The third kappa shape index (κ3) is 2.60. The smallest absolute Gasteiger partial charge is 0.336 e. The number of nitrogen functional groups attached to an aromatic ring is 1. The second kappa shape index (κ2) is 5.91. The largest absolute Gasteiger partial charge is 0.467 e. The van der Waals surface area contributed by atoms with Crippen LogP contribution in [-0.2, 0) is 20.8 Å². The molecule has 1 aliphatic heterocycles. The fourth-order valence-corrected chi connectivity index (χ4v) is 2.13. The Bertz CT molecular complexity index is 514. The van der Waals surface area contributed by atoms with Gasteiger partial charge in [0.25, 0.3) is 5.91 Å². The van der Waals surface area contributed by atoms with Gasteiger partial charge in [-0.3, -0.25) is 9.48 Å². The minimum Gasteiger partial charge on any atom is -0.467 e. The molecular formula is C12H18N4O4. The van der Waals surface area contributed by atoms with Crippen LogP contribution in [-0.4, -0.2) is 59.5 Å². The molecule has 8 nitrogen and oxygen atoms in total. The number of rotatable bonds is 3. The molecule has 0 saturated carbocycles. The van der Waals surface area contributed by atoms with E-state index in [2.05, 4.69) is 9.84 Å². The number of nitrogens with two attached hydrogens (primary N) is 1. The highest BCUT2D eigenvalue weighted by molar-refractivity contribution is 5.97. The molecule has 8 heteroatoms. The molecule has 2 N–H and O–H groups in total. The van der Waals surface area contributed by atoms with Crippen molar-refractivity contribution in [3.8, 4) is 0 Å².